The number of nitrogens with one attached hydrogen (secondary N) is 1. The van der Waals surface area contributed by atoms with Gasteiger partial charge in [-0.15, -0.1) is 0 Å². The summed E-state index contributed by atoms with van der Waals surface area (Å²) in [5.41, 5.74) is -0.906. The summed E-state index contributed by atoms with van der Waals surface area (Å²) in [5, 5.41) is 3.20. The van der Waals surface area contributed by atoms with Gasteiger partial charge in [-0.1, -0.05) is 0 Å². The van der Waals surface area contributed by atoms with Gasteiger partial charge in [0.2, 0.25) is 0 Å². The molecule has 1 N–H and O–H groups in total. The van der Waals surface area contributed by atoms with E-state index in [1.807, 2.05) is 0 Å². The second-order valence-corrected chi connectivity index (χ2v) is 4.12. The van der Waals surface area contributed by atoms with Crippen molar-refractivity contribution in [3.8, 4) is 5.75 Å². The molecule has 0 amide bonds. The highest BCUT2D eigenvalue weighted by atomic mass is 19.1. The predicted molar refractivity (Wildman–Crippen MR) is 60.3 cm³/mol. The van der Waals surface area contributed by atoms with Gasteiger partial charge in [-0.3, -0.25) is 4.98 Å². The molecule has 0 saturated carbocycles. The fourth-order valence-corrected chi connectivity index (χ4v) is 2.16. The van der Waals surface area contributed by atoms with Crippen LogP contribution in [-0.2, 0) is 5.67 Å². The number of aromatic nitrogens is 1. The third-order valence-electron chi connectivity index (χ3n) is 3.04. The molecule has 1 unspecified atom stereocenters. The molecule has 1 aliphatic heterocycles. The number of ether oxygens (including phenoxy) is 1. The third kappa shape index (κ3) is 2.16. The number of pyridine rings is 1. The van der Waals surface area contributed by atoms with Crippen LogP contribution in [0.5, 0.6) is 5.75 Å². The second kappa shape index (κ2) is 4.78. The monoisotopic (exact) mass is 224 g/mol. The Morgan fingerprint density at radius 1 is 1.44 bits per heavy atom. The summed E-state index contributed by atoms with van der Waals surface area (Å²) < 4.78 is 20.0. The van der Waals surface area contributed by atoms with E-state index >= 15 is 0 Å². The Bertz CT molecular complexity index is 349. The van der Waals surface area contributed by atoms with Crippen molar-refractivity contribution < 1.29 is 9.13 Å². The Morgan fingerprint density at radius 2 is 2.31 bits per heavy atom. The van der Waals surface area contributed by atoms with E-state index in [-0.39, 0.29) is 0 Å². The van der Waals surface area contributed by atoms with E-state index in [2.05, 4.69) is 10.3 Å². The molecule has 1 fully saturated rings. The van der Waals surface area contributed by atoms with Gasteiger partial charge >= 0.3 is 0 Å². The first-order valence-corrected chi connectivity index (χ1v) is 5.65. The molecule has 4 heteroatoms. The van der Waals surface area contributed by atoms with Gasteiger partial charge in [-0.2, -0.15) is 0 Å². The van der Waals surface area contributed by atoms with Crippen LogP contribution in [-0.4, -0.2) is 25.2 Å². The maximum absolute atomic E-state index is 14.8. The van der Waals surface area contributed by atoms with Crippen LogP contribution >= 0.6 is 0 Å². The van der Waals surface area contributed by atoms with Crippen LogP contribution < -0.4 is 10.1 Å². The highest BCUT2D eigenvalue weighted by Gasteiger charge is 2.36. The van der Waals surface area contributed by atoms with Crippen molar-refractivity contribution in [3.63, 3.8) is 0 Å². The van der Waals surface area contributed by atoms with Crippen molar-refractivity contribution in [2.75, 3.05) is 20.2 Å². The highest BCUT2D eigenvalue weighted by Crippen LogP contribution is 2.38. The minimum Gasteiger partial charge on any atom is -0.495 e. The molecule has 0 aliphatic carbocycles. The number of alkyl halides is 1. The Hall–Kier alpha value is -1.16. The summed E-state index contributed by atoms with van der Waals surface area (Å²) in [6.45, 7) is 1.57. The Kier molecular flexibility index (Phi) is 3.39. The topological polar surface area (TPSA) is 34.1 Å². The summed E-state index contributed by atoms with van der Waals surface area (Å²) >= 11 is 0. The van der Waals surface area contributed by atoms with Crippen LogP contribution in [0.4, 0.5) is 4.39 Å². The van der Waals surface area contributed by atoms with E-state index < -0.39 is 5.67 Å². The van der Waals surface area contributed by atoms with Gasteiger partial charge < -0.3 is 10.1 Å². The molecule has 1 atom stereocenters. The summed E-state index contributed by atoms with van der Waals surface area (Å²) in [6.07, 6.45) is 3.42. The first-order valence-electron chi connectivity index (χ1n) is 5.65. The van der Waals surface area contributed by atoms with Crippen LogP contribution in [0.3, 0.4) is 0 Å². The molecular weight excluding hydrogens is 207 g/mol. The van der Waals surface area contributed by atoms with Crippen molar-refractivity contribution in [1.82, 2.24) is 10.3 Å². The standard InChI is InChI=1S/C12H17FN2O/c1-16-10-4-2-8-15-11(10)12(13)5-3-7-14-9-6-12/h2,4,8,14H,3,5-7,9H2,1H3. The van der Waals surface area contributed by atoms with Gasteiger partial charge in [0, 0.05) is 6.20 Å². The van der Waals surface area contributed by atoms with Crippen LogP contribution in [0.15, 0.2) is 18.3 Å². The molecule has 16 heavy (non-hydrogen) atoms. The first kappa shape index (κ1) is 11.3. The lowest BCUT2D eigenvalue weighted by Gasteiger charge is -2.24. The summed E-state index contributed by atoms with van der Waals surface area (Å²) in [5.74, 6) is 0.548. The van der Waals surface area contributed by atoms with Crippen LogP contribution in [0.25, 0.3) is 0 Å². The molecule has 0 radical (unpaired) electrons. The smallest absolute Gasteiger partial charge is 0.157 e. The predicted octanol–water partition coefficient (Wildman–Crippen LogP) is 2.03. The number of rotatable bonds is 2. The molecule has 2 rings (SSSR count). The molecule has 0 spiro atoms. The van der Waals surface area contributed by atoms with E-state index in [0.717, 1.165) is 13.0 Å². The Balaban J connectivity index is 2.32. The molecule has 1 aliphatic rings. The molecule has 0 aromatic carbocycles. The average molecular weight is 224 g/mol. The maximum Gasteiger partial charge on any atom is 0.157 e. The zero-order chi connectivity index (χ0) is 11.4. The second-order valence-electron chi connectivity index (χ2n) is 4.12. The average Bonchev–Trinajstić information content (AvgIpc) is 2.55. The largest absolute Gasteiger partial charge is 0.495 e. The zero-order valence-electron chi connectivity index (χ0n) is 9.50. The van der Waals surface area contributed by atoms with Crippen molar-refractivity contribution in [2.24, 2.45) is 0 Å². The molecule has 1 saturated heterocycles. The first-order chi connectivity index (χ1) is 7.76. The molecule has 2 heterocycles. The molecule has 0 bridgehead atoms. The lowest BCUT2D eigenvalue weighted by atomic mass is 9.92. The fourth-order valence-electron chi connectivity index (χ4n) is 2.16. The number of nitrogens with zero attached hydrogens (tertiary/aromatic N) is 1. The van der Waals surface area contributed by atoms with E-state index in [1.165, 1.54) is 0 Å². The van der Waals surface area contributed by atoms with Crippen LogP contribution in [0.2, 0.25) is 0 Å². The van der Waals surface area contributed by atoms with E-state index in [4.69, 9.17) is 4.74 Å². The molecule has 1 aromatic rings. The van der Waals surface area contributed by atoms with Gasteiger partial charge in [-0.25, -0.2) is 4.39 Å². The van der Waals surface area contributed by atoms with Crippen LogP contribution in [0.1, 0.15) is 25.0 Å². The highest BCUT2D eigenvalue weighted by molar-refractivity contribution is 5.32. The lowest BCUT2D eigenvalue weighted by Crippen LogP contribution is -2.24. The minimum atomic E-state index is -1.35. The van der Waals surface area contributed by atoms with Gasteiger partial charge in [0.05, 0.1) is 7.11 Å². The molecule has 3 nitrogen and oxygen atoms in total. The summed E-state index contributed by atoms with van der Waals surface area (Å²) in [6, 6.07) is 3.53. The van der Waals surface area contributed by atoms with Crippen LogP contribution in [0, 0.1) is 0 Å². The summed E-state index contributed by atoms with van der Waals surface area (Å²) in [7, 11) is 1.55. The number of hydrogen-bond donors (Lipinski definition) is 1. The molecule has 1 aromatic heterocycles. The Morgan fingerprint density at radius 3 is 3.12 bits per heavy atom. The van der Waals surface area contributed by atoms with Crippen molar-refractivity contribution in [1.29, 1.82) is 0 Å². The van der Waals surface area contributed by atoms with Gasteiger partial charge in [0.15, 0.2) is 5.67 Å². The number of halogens is 1. The van der Waals surface area contributed by atoms with E-state index in [9.17, 15) is 4.39 Å². The molecular formula is C12H17FN2O. The van der Waals surface area contributed by atoms with Gasteiger partial charge in [0.25, 0.3) is 0 Å². The van der Waals surface area contributed by atoms with Crippen molar-refractivity contribution in [2.45, 2.75) is 24.9 Å². The molecule has 88 valence electrons. The SMILES string of the molecule is COc1cccnc1C1(F)CCCNCC1. The van der Waals surface area contributed by atoms with E-state index in [1.54, 1.807) is 25.4 Å². The maximum atomic E-state index is 14.8. The quantitative estimate of drug-likeness (QED) is 0.834. The van der Waals surface area contributed by atoms with E-state index in [0.29, 0.717) is 30.8 Å². The number of hydrogen-bond acceptors (Lipinski definition) is 3. The van der Waals surface area contributed by atoms with Gasteiger partial charge in [0.1, 0.15) is 11.4 Å². The normalized spacial score (nSPS) is 26.1. The summed E-state index contributed by atoms with van der Waals surface area (Å²) in [4.78, 5) is 4.16. The minimum absolute atomic E-state index is 0.446. The van der Waals surface area contributed by atoms with Crippen molar-refractivity contribution in [3.05, 3.63) is 24.0 Å². The lowest BCUT2D eigenvalue weighted by molar-refractivity contribution is 0.134. The van der Waals surface area contributed by atoms with Crippen molar-refractivity contribution >= 4 is 0 Å². The Labute approximate surface area is 95.0 Å². The number of methoxy groups -OCH3 is 1. The third-order valence-corrected chi connectivity index (χ3v) is 3.04. The zero-order valence-corrected chi connectivity index (χ0v) is 9.50. The fraction of sp³-hybridized carbons (Fsp3) is 0.583. The van der Waals surface area contributed by atoms with Gasteiger partial charge in [-0.05, 0) is 44.5 Å².